The van der Waals surface area contributed by atoms with Gasteiger partial charge >= 0.3 is 5.97 Å². The molecule has 3 rings (SSSR count). The number of aromatic nitrogens is 1. The summed E-state index contributed by atoms with van der Waals surface area (Å²) < 4.78 is 5.35. The predicted molar refractivity (Wildman–Crippen MR) is 111 cm³/mol. The summed E-state index contributed by atoms with van der Waals surface area (Å²) in [7, 11) is 1.75. The number of aryl methyl sites for hydroxylation is 1. The molecular formula is C21H21N3O3S. The number of benzene rings is 2. The molecule has 3 aromatic rings. The summed E-state index contributed by atoms with van der Waals surface area (Å²) >= 11 is 1.37. The van der Waals surface area contributed by atoms with Crippen LogP contribution in [0.15, 0.2) is 53.9 Å². The van der Waals surface area contributed by atoms with Crippen LogP contribution in [0.4, 0.5) is 11.4 Å². The largest absolute Gasteiger partial charge is 0.455 e. The third-order valence-electron chi connectivity index (χ3n) is 4.10. The molecule has 1 heterocycles. The monoisotopic (exact) mass is 395 g/mol. The van der Waals surface area contributed by atoms with Crippen molar-refractivity contribution >= 4 is 34.6 Å². The lowest BCUT2D eigenvalue weighted by Crippen LogP contribution is -2.15. The molecule has 28 heavy (non-hydrogen) atoms. The van der Waals surface area contributed by atoms with Crippen LogP contribution in [0.5, 0.6) is 0 Å². The number of nitrogens with zero attached hydrogens (tertiary/aromatic N) is 1. The van der Waals surface area contributed by atoms with Gasteiger partial charge in [-0.2, -0.15) is 0 Å². The SMILES string of the molecule is CNc1ccccc1C(=O)OCc1csc(CC(=O)Nc2ccccc2C)n1. The first kappa shape index (κ1) is 19.6. The van der Waals surface area contributed by atoms with E-state index in [0.717, 1.165) is 11.3 Å². The van der Waals surface area contributed by atoms with E-state index in [4.69, 9.17) is 4.74 Å². The van der Waals surface area contributed by atoms with Crippen LogP contribution in [0.3, 0.4) is 0 Å². The van der Waals surface area contributed by atoms with Crippen LogP contribution in [0.25, 0.3) is 0 Å². The van der Waals surface area contributed by atoms with Crippen molar-refractivity contribution in [3.63, 3.8) is 0 Å². The van der Waals surface area contributed by atoms with E-state index >= 15 is 0 Å². The summed E-state index contributed by atoms with van der Waals surface area (Å²) in [6, 6.07) is 14.8. The highest BCUT2D eigenvalue weighted by Crippen LogP contribution is 2.18. The van der Waals surface area contributed by atoms with Gasteiger partial charge in [-0.3, -0.25) is 4.79 Å². The van der Waals surface area contributed by atoms with Crippen molar-refractivity contribution in [2.45, 2.75) is 20.0 Å². The van der Waals surface area contributed by atoms with Crippen LogP contribution in [0.1, 0.15) is 26.6 Å². The van der Waals surface area contributed by atoms with E-state index < -0.39 is 5.97 Å². The van der Waals surface area contributed by atoms with Gasteiger partial charge < -0.3 is 15.4 Å². The number of thiazole rings is 1. The van der Waals surface area contributed by atoms with E-state index in [0.29, 0.717) is 22.0 Å². The summed E-state index contributed by atoms with van der Waals surface area (Å²) in [6.07, 6.45) is 0.176. The second-order valence-electron chi connectivity index (χ2n) is 6.14. The number of ether oxygens (including phenoxy) is 1. The highest BCUT2D eigenvalue weighted by molar-refractivity contribution is 7.09. The Bertz CT molecular complexity index is 984. The Morgan fingerprint density at radius 3 is 2.54 bits per heavy atom. The Morgan fingerprint density at radius 2 is 1.79 bits per heavy atom. The first-order valence-corrected chi connectivity index (χ1v) is 9.67. The number of hydrogen-bond acceptors (Lipinski definition) is 6. The van der Waals surface area contributed by atoms with Crippen molar-refractivity contribution in [2.75, 3.05) is 17.7 Å². The maximum absolute atomic E-state index is 12.3. The molecular weight excluding hydrogens is 374 g/mol. The van der Waals surface area contributed by atoms with E-state index in [1.165, 1.54) is 11.3 Å². The molecule has 0 aliphatic carbocycles. The van der Waals surface area contributed by atoms with Crippen molar-refractivity contribution in [1.29, 1.82) is 0 Å². The number of carbonyl (C=O) groups is 2. The molecule has 0 radical (unpaired) electrons. The summed E-state index contributed by atoms with van der Waals surface area (Å²) in [5.41, 5.74) is 3.60. The quantitative estimate of drug-likeness (QED) is 0.591. The Hall–Kier alpha value is -3.19. The highest BCUT2D eigenvalue weighted by Gasteiger charge is 2.14. The molecule has 144 valence electrons. The fourth-order valence-electron chi connectivity index (χ4n) is 2.64. The first-order chi connectivity index (χ1) is 13.6. The molecule has 1 aromatic heterocycles. The molecule has 7 heteroatoms. The number of nitrogens with one attached hydrogen (secondary N) is 2. The number of rotatable bonds is 7. The van der Waals surface area contributed by atoms with Gasteiger partial charge in [-0.05, 0) is 30.7 Å². The van der Waals surface area contributed by atoms with E-state index in [-0.39, 0.29) is 18.9 Å². The van der Waals surface area contributed by atoms with Crippen LogP contribution in [-0.2, 0) is 22.6 Å². The molecule has 0 saturated heterocycles. The minimum absolute atomic E-state index is 0.0623. The number of anilines is 2. The second kappa shape index (κ2) is 9.14. The van der Waals surface area contributed by atoms with Crippen molar-refractivity contribution in [3.05, 3.63) is 75.7 Å². The van der Waals surface area contributed by atoms with E-state index in [9.17, 15) is 9.59 Å². The van der Waals surface area contributed by atoms with E-state index in [1.807, 2.05) is 43.3 Å². The Balaban J connectivity index is 1.55. The molecule has 2 N–H and O–H groups in total. The third-order valence-corrected chi connectivity index (χ3v) is 5.00. The lowest BCUT2D eigenvalue weighted by molar-refractivity contribution is -0.115. The Labute approximate surface area is 167 Å². The molecule has 0 fully saturated rings. The van der Waals surface area contributed by atoms with Crippen molar-refractivity contribution in [1.82, 2.24) is 4.98 Å². The number of esters is 1. The molecule has 0 aliphatic rings. The average molecular weight is 395 g/mol. The van der Waals surface area contributed by atoms with Crippen molar-refractivity contribution in [2.24, 2.45) is 0 Å². The van der Waals surface area contributed by atoms with Gasteiger partial charge in [-0.1, -0.05) is 30.3 Å². The summed E-state index contributed by atoms with van der Waals surface area (Å²) in [6.45, 7) is 2.00. The van der Waals surface area contributed by atoms with Gasteiger partial charge in [-0.15, -0.1) is 11.3 Å². The normalized spacial score (nSPS) is 10.4. The van der Waals surface area contributed by atoms with Gasteiger partial charge in [0.2, 0.25) is 5.91 Å². The molecule has 1 amide bonds. The van der Waals surface area contributed by atoms with E-state index in [2.05, 4.69) is 15.6 Å². The molecule has 0 unspecified atom stereocenters. The zero-order valence-corrected chi connectivity index (χ0v) is 16.5. The Kier molecular flexibility index (Phi) is 6.39. The molecule has 6 nitrogen and oxygen atoms in total. The van der Waals surface area contributed by atoms with Gasteiger partial charge in [0.05, 0.1) is 17.7 Å². The molecule has 0 spiro atoms. The molecule has 0 aliphatic heterocycles. The van der Waals surface area contributed by atoms with Crippen LogP contribution in [0.2, 0.25) is 0 Å². The maximum Gasteiger partial charge on any atom is 0.340 e. The molecule has 0 atom stereocenters. The Morgan fingerprint density at radius 1 is 1.07 bits per heavy atom. The molecule has 0 saturated carbocycles. The lowest BCUT2D eigenvalue weighted by atomic mass is 10.2. The minimum atomic E-state index is -0.420. The number of hydrogen-bond donors (Lipinski definition) is 2. The second-order valence-corrected chi connectivity index (χ2v) is 7.09. The first-order valence-electron chi connectivity index (χ1n) is 8.79. The van der Waals surface area contributed by atoms with Crippen molar-refractivity contribution in [3.8, 4) is 0 Å². The fraction of sp³-hybridized carbons (Fsp3) is 0.190. The standard InChI is InChI=1S/C21H21N3O3S/c1-14-7-3-5-9-17(14)24-19(25)11-20-23-15(13-28-20)12-27-21(26)16-8-4-6-10-18(16)22-2/h3-10,13,22H,11-12H2,1-2H3,(H,24,25). The van der Waals surface area contributed by atoms with Crippen molar-refractivity contribution < 1.29 is 14.3 Å². The van der Waals surface area contributed by atoms with Gasteiger partial charge in [0.25, 0.3) is 0 Å². The van der Waals surface area contributed by atoms with Gasteiger partial charge in [-0.25, -0.2) is 9.78 Å². The summed E-state index contributed by atoms with van der Waals surface area (Å²) in [4.78, 5) is 28.9. The predicted octanol–water partition coefficient (Wildman–Crippen LogP) is 4.03. The molecule has 0 bridgehead atoms. The number of para-hydroxylation sites is 2. The lowest BCUT2D eigenvalue weighted by Gasteiger charge is -2.08. The van der Waals surface area contributed by atoms with Gasteiger partial charge in [0.15, 0.2) is 0 Å². The van der Waals surface area contributed by atoms with Crippen LogP contribution in [0, 0.1) is 6.92 Å². The zero-order valence-electron chi connectivity index (χ0n) is 15.7. The smallest absolute Gasteiger partial charge is 0.340 e. The summed E-state index contributed by atoms with van der Waals surface area (Å²) in [5.74, 6) is -0.549. The molecule has 2 aromatic carbocycles. The zero-order chi connectivity index (χ0) is 19.9. The van der Waals surface area contributed by atoms with Crippen LogP contribution in [-0.4, -0.2) is 23.9 Å². The van der Waals surface area contributed by atoms with Crippen LogP contribution >= 0.6 is 11.3 Å². The van der Waals surface area contributed by atoms with Crippen LogP contribution < -0.4 is 10.6 Å². The third kappa shape index (κ3) is 4.95. The number of amides is 1. The highest BCUT2D eigenvalue weighted by atomic mass is 32.1. The van der Waals surface area contributed by atoms with Gasteiger partial charge in [0.1, 0.15) is 11.6 Å². The summed E-state index contributed by atoms with van der Waals surface area (Å²) in [5, 5.41) is 8.33. The average Bonchev–Trinajstić information content (AvgIpc) is 3.15. The number of carbonyl (C=O) groups excluding carboxylic acids is 2. The maximum atomic E-state index is 12.3. The van der Waals surface area contributed by atoms with Gasteiger partial charge in [0, 0.05) is 23.8 Å². The van der Waals surface area contributed by atoms with E-state index in [1.54, 1.807) is 24.6 Å². The minimum Gasteiger partial charge on any atom is -0.455 e. The fourth-order valence-corrected chi connectivity index (χ4v) is 3.41. The topological polar surface area (TPSA) is 80.3 Å².